The first kappa shape index (κ1) is 19.6. The highest BCUT2D eigenvalue weighted by Gasteiger charge is 2.17. The summed E-state index contributed by atoms with van der Waals surface area (Å²) in [6.07, 6.45) is 1.69. The Bertz CT molecular complexity index is 1230. The predicted octanol–water partition coefficient (Wildman–Crippen LogP) is 4.57. The van der Waals surface area contributed by atoms with Crippen LogP contribution in [0.25, 0.3) is 11.1 Å². The van der Waals surface area contributed by atoms with Crippen molar-refractivity contribution in [3.8, 4) is 11.6 Å². The van der Waals surface area contributed by atoms with Gasteiger partial charge in [0.2, 0.25) is 5.88 Å². The van der Waals surface area contributed by atoms with Crippen LogP contribution in [0.2, 0.25) is 0 Å². The molecular weight excluding hydrogens is 380 g/mol. The lowest BCUT2D eigenvalue weighted by molar-refractivity contribution is 0.0952. The van der Waals surface area contributed by atoms with E-state index in [4.69, 9.17) is 9.26 Å². The monoisotopic (exact) mass is 402 g/mol. The van der Waals surface area contributed by atoms with Crippen LogP contribution in [0.15, 0.2) is 47.1 Å². The Labute approximate surface area is 174 Å². The molecule has 1 aromatic carbocycles. The van der Waals surface area contributed by atoms with Gasteiger partial charge in [0.15, 0.2) is 0 Å². The minimum atomic E-state index is -0.215. The molecule has 0 atom stereocenters. The molecule has 3 heterocycles. The van der Waals surface area contributed by atoms with Crippen LogP contribution >= 0.6 is 0 Å². The number of aryl methyl sites for hydroxylation is 4. The van der Waals surface area contributed by atoms with E-state index in [1.165, 1.54) is 0 Å². The highest BCUT2D eigenvalue weighted by atomic mass is 16.5. The van der Waals surface area contributed by atoms with Crippen LogP contribution in [0.5, 0.6) is 11.6 Å². The zero-order chi connectivity index (χ0) is 21.3. The number of aromatic nitrogens is 3. The Morgan fingerprint density at radius 1 is 1.10 bits per heavy atom. The summed E-state index contributed by atoms with van der Waals surface area (Å²) >= 11 is 0. The van der Waals surface area contributed by atoms with Crippen LogP contribution in [0.4, 0.5) is 0 Å². The molecule has 30 heavy (non-hydrogen) atoms. The Balaban J connectivity index is 1.45. The molecule has 0 aliphatic heterocycles. The molecule has 0 bridgehead atoms. The lowest BCUT2D eigenvalue weighted by Crippen LogP contribution is -2.23. The maximum atomic E-state index is 12.8. The van der Waals surface area contributed by atoms with Crippen molar-refractivity contribution in [2.24, 2.45) is 0 Å². The second-order valence-electron chi connectivity index (χ2n) is 7.32. The van der Waals surface area contributed by atoms with Crippen LogP contribution in [-0.4, -0.2) is 21.0 Å². The average Bonchev–Trinajstić information content (AvgIpc) is 3.10. The van der Waals surface area contributed by atoms with E-state index in [2.05, 4.69) is 20.4 Å². The maximum Gasteiger partial charge on any atom is 0.258 e. The summed E-state index contributed by atoms with van der Waals surface area (Å²) in [5, 5.41) is 7.47. The fourth-order valence-corrected chi connectivity index (χ4v) is 3.18. The normalized spacial score (nSPS) is 10.9. The number of amides is 1. The first-order chi connectivity index (χ1) is 14.4. The first-order valence-corrected chi connectivity index (χ1v) is 9.62. The summed E-state index contributed by atoms with van der Waals surface area (Å²) in [7, 11) is 0. The van der Waals surface area contributed by atoms with Gasteiger partial charge in [-0.05, 0) is 56.5 Å². The topological polar surface area (TPSA) is 90.1 Å². The van der Waals surface area contributed by atoms with E-state index in [0.29, 0.717) is 40.5 Å². The largest absolute Gasteiger partial charge is 0.439 e. The van der Waals surface area contributed by atoms with E-state index >= 15 is 0 Å². The van der Waals surface area contributed by atoms with E-state index in [0.717, 1.165) is 22.4 Å². The number of hydrogen-bond acceptors (Lipinski definition) is 6. The molecule has 7 nitrogen and oxygen atoms in total. The third-order valence-electron chi connectivity index (χ3n) is 4.80. The van der Waals surface area contributed by atoms with Gasteiger partial charge in [-0.3, -0.25) is 4.79 Å². The van der Waals surface area contributed by atoms with Crippen molar-refractivity contribution in [2.45, 2.75) is 34.2 Å². The molecular formula is C23H22N4O3. The summed E-state index contributed by atoms with van der Waals surface area (Å²) < 4.78 is 11.1. The molecule has 1 N–H and O–H groups in total. The number of hydrogen-bond donors (Lipinski definition) is 1. The Hall–Kier alpha value is -3.74. The van der Waals surface area contributed by atoms with Crippen molar-refractivity contribution in [3.63, 3.8) is 0 Å². The minimum absolute atomic E-state index is 0.215. The summed E-state index contributed by atoms with van der Waals surface area (Å²) in [6, 6.07) is 11.5. The van der Waals surface area contributed by atoms with Gasteiger partial charge in [-0.15, -0.1) is 0 Å². The fourth-order valence-electron chi connectivity index (χ4n) is 3.18. The molecule has 7 heteroatoms. The summed E-state index contributed by atoms with van der Waals surface area (Å²) in [5.41, 5.74) is 5.22. The van der Waals surface area contributed by atoms with Crippen LogP contribution in [0.3, 0.4) is 0 Å². The smallest absolute Gasteiger partial charge is 0.258 e. The highest BCUT2D eigenvalue weighted by Crippen LogP contribution is 2.25. The number of rotatable bonds is 5. The van der Waals surface area contributed by atoms with Gasteiger partial charge in [0.05, 0.1) is 16.6 Å². The van der Waals surface area contributed by atoms with Gasteiger partial charge in [-0.2, -0.15) is 0 Å². The highest BCUT2D eigenvalue weighted by molar-refractivity contribution is 6.05. The van der Waals surface area contributed by atoms with Gasteiger partial charge in [-0.25, -0.2) is 9.97 Å². The van der Waals surface area contributed by atoms with Crippen LogP contribution < -0.4 is 10.1 Å². The van der Waals surface area contributed by atoms with Crippen molar-refractivity contribution < 1.29 is 14.1 Å². The maximum absolute atomic E-state index is 12.8. The lowest BCUT2D eigenvalue weighted by Gasteiger charge is -2.10. The van der Waals surface area contributed by atoms with E-state index in [1.807, 2.05) is 45.0 Å². The van der Waals surface area contributed by atoms with Crippen molar-refractivity contribution in [2.75, 3.05) is 0 Å². The molecule has 4 aromatic rings. The summed E-state index contributed by atoms with van der Waals surface area (Å²) in [6.45, 7) is 7.95. The molecule has 3 aromatic heterocycles. The van der Waals surface area contributed by atoms with E-state index in [1.54, 1.807) is 25.3 Å². The third-order valence-corrected chi connectivity index (χ3v) is 4.80. The molecule has 152 valence electrons. The van der Waals surface area contributed by atoms with E-state index in [-0.39, 0.29) is 5.91 Å². The molecule has 0 aliphatic carbocycles. The Kier molecular flexibility index (Phi) is 5.18. The number of benzene rings is 1. The molecule has 0 fully saturated rings. The second kappa shape index (κ2) is 7.94. The average molecular weight is 402 g/mol. The molecule has 0 radical (unpaired) electrons. The third kappa shape index (κ3) is 4.00. The number of carbonyl (C=O) groups is 1. The van der Waals surface area contributed by atoms with Crippen LogP contribution in [-0.2, 0) is 6.54 Å². The second-order valence-corrected chi connectivity index (χ2v) is 7.32. The molecule has 0 unspecified atom stereocenters. The number of carbonyl (C=O) groups excluding carboxylic acids is 1. The molecule has 0 saturated heterocycles. The molecule has 1 amide bonds. The Morgan fingerprint density at radius 3 is 2.70 bits per heavy atom. The zero-order valence-corrected chi connectivity index (χ0v) is 17.3. The van der Waals surface area contributed by atoms with Gasteiger partial charge in [0.25, 0.3) is 11.6 Å². The van der Waals surface area contributed by atoms with Gasteiger partial charge in [0, 0.05) is 24.5 Å². The van der Waals surface area contributed by atoms with E-state index < -0.39 is 0 Å². The number of nitrogens with one attached hydrogen (secondary N) is 1. The summed E-state index contributed by atoms with van der Waals surface area (Å²) in [4.78, 5) is 21.4. The standard InChI is InChI=1S/C23H22N4O3/c1-13-5-6-14(2)19(9-13)29-20-8-7-17(11-24-20)12-25-22(28)18-10-15(3)26-23-21(18)16(4)27-30-23/h5-11H,12H2,1-4H3,(H,25,28). The molecule has 0 spiro atoms. The zero-order valence-electron chi connectivity index (χ0n) is 17.3. The van der Waals surface area contributed by atoms with Crippen molar-refractivity contribution in [1.82, 2.24) is 20.4 Å². The molecule has 4 rings (SSSR count). The van der Waals surface area contributed by atoms with Crippen molar-refractivity contribution in [1.29, 1.82) is 0 Å². The SMILES string of the molecule is Cc1ccc(C)c(Oc2ccc(CNC(=O)c3cc(C)nc4onc(C)c34)cn2)c1. The van der Waals surface area contributed by atoms with Gasteiger partial charge in [0.1, 0.15) is 5.75 Å². The number of pyridine rings is 2. The van der Waals surface area contributed by atoms with Gasteiger partial charge in [-0.1, -0.05) is 23.4 Å². The number of ether oxygens (including phenoxy) is 1. The minimum Gasteiger partial charge on any atom is -0.439 e. The lowest BCUT2D eigenvalue weighted by atomic mass is 10.1. The van der Waals surface area contributed by atoms with Crippen molar-refractivity contribution in [3.05, 3.63) is 76.2 Å². The first-order valence-electron chi connectivity index (χ1n) is 9.62. The van der Waals surface area contributed by atoms with Crippen LogP contribution in [0, 0.1) is 27.7 Å². The number of nitrogens with zero attached hydrogens (tertiary/aromatic N) is 3. The van der Waals surface area contributed by atoms with E-state index in [9.17, 15) is 4.79 Å². The summed E-state index contributed by atoms with van der Waals surface area (Å²) in [5.74, 6) is 1.07. The molecule has 0 aliphatic rings. The van der Waals surface area contributed by atoms with Gasteiger partial charge >= 0.3 is 0 Å². The number of fused-ring (bicyclic) bond motifs is 1. The Morgan fingerprint density at radius 2 is 1.93 bits per heavy atom. The molecule has 0 saturated carbocycles. The quantitative estimate of drug-likeness (QED) is 0.526. The van der Waals surface area contributed by atoms with Crippen molar-refractivity contribution >= 4 is 17.0 Å². The predicted molar refractivity (Wildman–Crippen MR) is 113 cm³/mol. The van der Waals surface area contributed by atoms with Gasteiger partial charge < -0.3 is 14.6 Å². The fraction of sp³-hybridized carbons (Fsp3) is 0.217. The van der Waals surface area contributed by atoms with Crippen LogP contribution in [0.1, 0.15) is 38.4 Å².